The lowest BCUT2D eigenvalue weighted by molar-refractivity contribution is 0.0954. The predicted octanol–water partition coefficient (Wildman–Crippen LogP) is 3.47. The number of hydrogen-bond donors (Lipinski definition) is 1. The van der Waals surface area contributed by atoms with Crippen LogP contribution < -0.4 is 19.6 Å². The van der Waals surface area contributed by atoms with Crippen LogP contribution in [0.1, 0.15) is 22.8 Å². The number of rotatable bonds is 6. The Morgan fingerprint density at radius 1 is 1.00 bits per heavy atom. The van der Waals surface area contributed by atoms with Crippen molar-refractivity contribution in [1.29, 1.82) is 0 Å². The van der Waals surface area contributed by atoms with E-state index in [9.17, 15) is 4.79 Å². The van der Waals surface area contributed by atoms with E-state index in [1.54, 1.807) is 52.5 Å². The zero-order valence-corrected chi connectivity index (χ0v) is 16.6. The minimum Gasteiger partial charge on any atom is -0.497 e. The molecule has 25 heavy (non-hydrogen) atoms. The van der Waals surface area contributed by atoms with Crippen LogP contribution in [0.25, 0.3) is 0 Å². The van der Waals surface area contributed by atoms with Gasteiger partial charge >= 0.3 is 0 Å². The molecule has 0 bridgehead atoms. The highest BCUT2D eigenvalue weighted by Gasteiger charge is 2.11. The molecule has 2 aromatic carbocycles. The van der Waals surface area contributed by atoms with E-state index in [4.69, 9.17) is 14.2 Å². The Morgan fingerprint density at radius 3 is 2.32 bits per heavy atom. The zero-order chi connectivity index (χ0) is 18.4. The second-order valence-electron chi connectivity index (χ2n) is 5.05. The van der Waals surface area contributed by atoms with Crippen LogP contribution in [-0.2, 0) is 0 Å². The minimum absolute atomic E-state index is 0.299. The quantitative estimate of drug-likeness (QED) is 0.413. The highest BCUT2D eigenvalue weighted by molar-refractivity contribution is 14.1. The van der Waals surface area contributed by atoms with E-state index in [2.05, 4.69) is 33.1 Å². The van der Waals surface area contributed by atoms with Crippen LogP contribution in [0.5, 0.6) is 17.2 Å². The number of hydrogen-bond acceptors (Lipinski definition) is 5. The molecule has 0 fully saturated rings. The highest BCUT2D eigenvalue weighted by Crippen LogP contribution is 2.25. The maximum atomic E-state index is 12.3. The Balaban J connectivity index is 2.18. The van der Waals surface area contributed by atoms with Gasteiger partial charge in [0.05, 0.1) is 30.6 Å². The topological polar surface area (TPSA) is 69.2 Å². The maximum Gasteiger partial charge on any atom is 0.271 e. The fraction of sp³-hybridized carbons (Fsp3) is 0.222. The lowest BCUT2D eigenvalue weighted by Gasteiger charge is -2.10. The van der Waals surface area contributed by atoms with E-state index in [1.165, 1.54) is 0 Å². The molecule has 0 atom stereocenters. The van der Waals surface area contributed by atoms with Gasteiger partial charge in [0.25, 0.3) is 5.91 Å². The van der Waals surface area contributed by atoms with Crippen molar-refractivity contribution in [3.63, 3.8) is 0 Å². The number of benzene rings is 2. The van der Waals surface area contributed by atoms with Crippen molar-refractivity contribution in [2.45, 2.75) is 6.92 Å². The van der Waals surface area contributed by atoms with Gasteiger partial charge in [-0.1, -0.05) is 0 Å². The van der Waals surface area contributed by atoms with Crippen molar-refractivity contribution < 1.29 is 19.0 Å². The van der Waals surface area contributed by atoms with Gasteiger partial charge in [0.15, 0.2) is 0 Å². The number of nitrogens with one attached hydrogen (secondary N) is 1. The third kappa shape index (κ3) is 4.62. The van der Waals surface area contributed by atoms with Crippen molar-refractivity contribution in [3.05, 3.63) is 51.1 Å². The zero-order valence-electron chi connectivity index (χ0n) is 14.4. The second-order valence-corrected chi connectivity index (χ2v) is 6.22. The summed E-state index contributed by atoms with van der Waals surface area (Å²) in [6, 6.07) is 10.6. The molecule has 2 rings (SSSR count). The van der Waals surface area contributed by atoms with Crippen molar-refractivity contribution in [2.75, 3.05) is 21.3 Å². The first-order valence-electron chi connectivity index (χ1n) is 7.40. The summed E-state index contributed by atoms with van der Waals surface area (Å²) in [5.41, 5.74) is 4.46. The van der Waals surface area contributed by atoms with Gasteiger partial charge in [0.1, 0.15) is 17.2 Å². The van der Waals surface area contributed by atoms with Crippen LogP contribution in [0.4, 0.5) is 0 Å². The summed E-state index contributed by atoms with van der Waals surface area (Å²) >= 11 is 2.12. The molecule has 0 spiro atoms. The summed E-state index contributed by atoms with van der Waals surface area (Å²) in [6.45, 7) is 1.79. The molecular formula is C18H19IN2O4. The predicted molar refractivity (Wildman–Crippen MR) is 105 cm³/mol. The number of carbonyl (C=O) groups excluding carboxylic acids is 1. The number of amides is 1. The van der Waals surface area contributed by atoms with E-state index >= 15 is 0 Å². The van der Waals surface area contributed by atoms with Gasteiger partial charge in [-0.05, 0) is 59.8 Å². The summed E-state index contributed by atoms with van der Waals surface area (Å²) in [6.07, 6.45) is 0. The van der Waals surface area contributed by atoms with Crippen LogP contribution in [0.3, 0.4) is 0 Å². The molecule has 0 saturated heterocycles. The van der Waals surface area contributed by atoms with E-state index in [0.717, 1.165) is 14.9 Å². The van der Waals surface area contributed by atoms with Crippen molar-refractivity contribution >= 4 is 34.2 Å². The fourth-order valence-corrected chi connectivity index (χ4v) is 2.90. The van der Waals surface area contributed by atoms with Crippen LogP contribution in [0, 0.1) is 3.57 Å². The Labute approximate surface area is 160 Å². The average molecular weight is 454 g/mol. The van der Waals surface area contributed by atoms with Gasteiger partial charge in [-0.15, -0.1) is 0 Å². The minimum atomic E-state index is -0.299. The molecule has 132 valence electrons. The molecule has 6 nitrogen and oxygen atoms in total. The molecule has 2 aromatic rings. The number of methoxy groups -OCH3 is 3. The van der Waals surface area contributed by atoms with E-state index in [1.807, 2.05) is 12.1 Å². The Hall–Kier alpha value is -2.29. The molecule has 0 heterocycles. The molecule has 1 amide bonds. The van der Waals surface area contributed by atoms with E-state index in [-0.39, 0.29) is 5.91 Å². The first-order chi connectivity index (χ1) is 12.0. The molecular weight excluding hydrogens is 435 g/mol. The van der Waals surface area contributed by atoms with E-state index < -0.39 is 0 Å². The summed E-state index contributed by atoms with van der Waals surface area (Å²) in [4.78, 5) is 12.3. The van der Waals surface area contributed by atoms with Crippen LogP contribution in [-0.4, -0.2) is 32.9 Å². The van der Waals surface area contributed by atoms with Gasteiger partial charge < -0.3 is 14.2 Å². The lowest BCUT2D eigenvalue weighted by atomic mass is 10.1. The molecule has 0 unspecified atom stereocenters. The maximum absolute atomic E-state index is 12.3. The molecule has 0 aliphatic rings. The third-order valence-corrected chi connectivity index (χ3v) is 4.38. The highest BCUT2D eigenvalue weighted by atomic mass is 127. The lowest BCUT2D eigenvalue weighted by Crippen LogP contribution is -2.19. The second kappa shape index (κ2) is 8.70. The van der Waals surface area contributed by atoms with Crippen molar-refractivity contribution in [1.82, 2.24) is 5.43 Å². The third-order valence-electron chi connectivity index (χ3n) is 3.54. The van der Waals surface area contributed by atoms with Crippen LogP contribution in [0.2, 0.25) is 0 Å². The SMILES string of the molecule is COc1ccc(/C(C)=N\NC(=O)c2ccc(OC)c(I)c2)c(OC)c1. The summed E-state index contributed by atoms with van der Waals surface area (Å²) < 4.78 is 16.6. The standard InChI is InChI=1S/C18H19IN2O4/c1-11(14-7-6-13(23-2)10-17(14)25-4)20-21-18(22)12-5-8-16(24-3)15(19)9-12/h5-10H,1-4H3,(H,21,22)/b20-11-. The van der Waals surface area contributed by atoms with Crippen molar-refractivity contribution in [3.8, 4) is 17.2 Å². The van der Waals surface area contributed by atoms with Gasteiger partial charge in [0.2, 0.25) is 0 Å². The van der Waals surface area contributed by atoms with Gasteiger partial charge in [-0.25, -0.2) is 5.43 Å². The van der Waals surface area contributed by atoms with Gasteiger partial charge in [0, 0.05) is 17.2 Å². The molecule has 0 aliphatic carbocycles. The molecule has 7 heteroatoms. The van der Waals surface area contributed by atoms with Crippen LogP contribution >= 0.6 is 22.6 Å². The van der Waals surface area contributed by atoms with Crippen LogP contribution in [0.15, 0.2) is 41.5 Å². The Bertz CT molecular complexity index is 806. The number of halogens is 1. The average Bonchev–Trinajstić information content (AvgIpc) is 2.65. The molecule has 0 radical (unpaired) electrons. The first-order valence-corrected chi connectivity index (χ1v) is 8.48. The Morgan fingerprint density at radius 2 is 1.72 bits per heavy atom. The van der Waals surface area contributed by atoms with Gasteiger partial charge in [-0.3, -0.25) is 4.79 Å². The number of hydrazone groups is 1. The normalized spacial score (nSPS) is 11.0. The summed E-state index contributed by atoms with van der Waals surface area (Å²) in [7, 11) is 4.75. The molecule has 0 aliphatic heterocycles. The molecule has 0 aromatic heterocycles. The number of nitrogens with zero attached hydrogens (tertiary/aromatic N) is 1. The smallest absolute Gasteiger partial charge is 0.271 e. The van der Waals surface area contributed by atoms with Crippen molar-refractivity contribution in [2.24, 2.45) is 5.10 Å². The summed E-state index contributed by atoms with van der Waals surface area (Å²) in [5, 5.41) is 4.17. The fourth-order valence-electron chi connectivity index (χ4n) is 2.16. The van der Waals surface area contributed by atoms with E-state index in [0.29, 0.717) is 22.8 Å². The number of carbonyl (C=O) groups is 1. The largest absolute Gasteiger partial charge is 0.497 e. The number of ether oxygens (including phenoxy) is 3. The molecule has 1 N–H and O–H groups in total. The molecule has 0 saturated carbocycles. The first kappa shape index (κ1) is 19.0. The Kier molecular flexibility index (Phi) is 6.63. The monoisotopic (exact) mass is 454 g/mol. The summed E-state index contributed by atoms with van der Waals surface area (Å²) in [5.74, 6) is 1.73. The van der Waals surface area contributed by atoms with Gasteiger partial charge in [-0.2, -0.15) is 5.10 Å².